The standard InChI is InChI=1S/C18H18O2S/c1-5-13-9-15(7-11(3)17(13)19)21-16-8-12(4)18(20)14(6-2)10-16/h5-10,19-20H,1-2H2,3-4H3. The summed E-state index contributed by atoms with van der Waals surface area (Å²) in [4.78, 5) is 2.03. The number of hydrogen-bond acceptors (Lipinski definition) is 3. The summed E-state index contributed by atoms with van der Waals surface area (Å²) >= 11 is 1.57. The van der Waals surface area contributed by atoms with Crippen molar-refractivity contribution in [2.75, 3.05) is 0 Å². The van der Waals surface area contributed by atoms with Crippen LogP contribution in [0.25, 0.3) is 12.2 Å². The Morgan fingerprint density at radius 1 is 0.810 bits per heavy atom. The Morgan fingerprint density at radius 3 is 1.52 bits per heavy atom. The van der Waals surface area contributed by atoms with Gasteiger partial charge in [-0.05, 0) is 49.2 Å². The van der Waals surface area contributed by atoms with E-state index in [0.717, 1.165) is 32.0 Å². The van der Waals surface area contributed by atoms with Crippen LogP contribution in [0.4, 0.5) is 0 Å². The lowest BCUT2D eigenvalue weighted by molar-refractivity contribution is 0.469. The second-order valence-corrected chi connectivity index (χ2v) is 6.01. The van der Waals surface area contributed by atoms with Gasteiger partial charge in [-0.3, -0.25) is 0 Å². The van der Waals surface area contributed by atoms with Crippen LogP contribution in [0, 0.1) is 13.8 Å². The molecular weight excluding hydrogens is 280 g/mol. The van der Waals surface area contributed by atoms with Crippen LogP contribution in [0.5, 0.6) is 11.5 Å². The van der Waals surface area contributed by atoms with Crippen LogP contribution in [0.1, 0.15) is 22.3 Å². The van der Waals surface area contributed by atoms with E-state index in [1.165, 1.54) is 0 Å². The summed E-state index contributed by atoms with van der Waals surface area (Å²) in [5.41, 5.74) is 3.07. The molecule has 0 heterocycles. The Morgan fingerprint density at radius 2 is 1.19 bits per heavy atom. The van der Waals surface area contributed by atoms with Crippen molar-refractivity contribution in [3.63, 3.8) is 0 Å². The largest absolute Gasteiger partial charge is 0.507 e. The molecule has 2 aromatic rings. The number of benzene rings is 2. The summed E-state index contributed by atoms with van der Waals surface area (Å²) in [7, 11) is 0. The van der Waals surface area contributed by atoms with E-state index in [4.69, 9.17) is 0 Å². The molecule has 0 saturated carbocycles. The van der Waals surface area contributed by atoms with Crippen molar-refractivity contribution in [1.29, 1.82) is 0 Å². The van der Waals surface area contributed by atoms with E-state index in [0.29, 0.717) is 0 Å². The Kier molecular flexibility index (Phi) is 4.43. The molecule has 2 aromatic carbocycles. The average Bonchev–Trinajstić information content (AvgIpc) is 2.46. The summed E-state index contributed by atoms with van der Waals surface area (Å²) < 4.78 is 0. The van der Waals surface area contributed by atoms with Gasteiger partial charge in [0.15, 0.2) is 0 Å². The first-order valence-electron chi connectivity index (χ1n) is 6.56. The number of phenolic OH excluding ortho intramolecular Hbond substituents is 2. The summed E-state index contributed by atoms with van der Waals surface area (Å²) in [5, 5.41) is 19.8. The molecular formula is C18H18O2S. The van der Waals surface area contributed by atoms with Crippen LogP contribution in [0.15, 0.2) is 47.2 Å². The van der Waals surface area contributed by atoms with Gasteiger partial charge in [0.2, 0.25) is 0 Å². The monoisotopic (exact) mass is 298 g/mol. The molecule has 0 unspecified atom stereocenters. The van der Waals surface area contributed by atoms with Gasteiger partial charge >= 0.3 is 0 Å². The number of rotatable bonds is 4. The molecule has 0 aromatic heterocycles. The quantitative estimate of drug-likeness (QED) is 0.820. The molecule has 0 aliphatic heterocycles. The summed E-state index contributed by atoms with van der Waals surface area (Å²) in [5.74, 6) is 0.533. The molecule has 0 atom stereocenters. The van der Waals surface area contributed by atoms with Crippen LogP contribution in [-0.2, 0) is 0 Å². The van der Waals surface area contributed by atoms with Gasteiger partial charge in [-0.2, -0.15) is 0 Å². The first-order valence-corrected chi connectivity index (χ1v) is 7.38. The maximum Gasteiger partial charge on any atom is 0.125 e. The minimum atomic E-state index is 0.267. The predicted molar refractivity (Wildman–Crippen MR) is 90.0 cm³/mol. The first kappa shape index (κ1) is 15.3. The van der Waals surface area contributed by atoms with Crippen molar-refractivity contribution in [1.82, 2.24) is 0 Å². The number of aromatic hydroxyl groups is 2. The van der Waals surface area contributed by atoms with E-state index < -0.39 is 0 Å². The molecule has 2 rings (SSSR count). The van der Waals surface area contributed by atoms with Gasteiger partial charge in [-0.25, -0.2) is 0 Å². The maximum absolute atomic E-state index is 9.92. The molecule has 0 aliphatic carbocycles. The third-order valence-corrected chi connectivity index (χ3v) is 4.23. The molecule has 108 valence electrons. The maximum atomic E-state index is 9.92. The lowest BCUT2D eigenvalue weighted by atomic mass is 10.1. The van der Waals surface area contributed by atoms with Crippen LogP contribution >= 0.6 is 11.8 Å². The van der Waals surface area contributed by atoms with E-state index >= 15 is 0 Å². The topological polar surface area (TPSA) is 40.5 Å². The van der Waals surface area contributed by atoms with Gasteiger partial charge in [0.25, 0.3) is 0 Å². The average molecular weight is 298 g/mol. The molecule has 0 radical (unpaired) electrons. The van der Waals surface area contributed by atoms with Crippen LogP contribution in [-0.4, -0.2) is 10.2 Å². The van der Waals surface area contributed by atoms with Crippen LogP contribution in [0.2, 0.25) is 0 Å². The zero-order chi connectivity index (χ0) is 15.6. The zero-order valence-electron chi connectivity index (χ0n) is 12.2. The molecule has 3 heteroatoms. The van der Waals surface area contributed by atoms with E-state index in [1.807, 2.05) is 38.1 Å². The highest BCUT2D eigenvalue weighted by atomic mass is 32.2. The van der Waals surface area contributed by atoms with Crippen molar-refractivity contribution in [3.8, 4) is 11.5 Å². The fraction of sp³-hybridized carbons (Fsp3) is 0.111. The molecule has 0 bridgehead atoms. The Hall–Kier alpha value is -2.13. The Balaban J connectivity index is 2.43. The zero-order valence-corrected chi connectivity index (χ0v) is 13.0. The summed E-state index contributed by atoms with van der Waals surface area (Å²) in [6.45, 7) is 11.2. The molecule has 2 nitrogen and oxygen atoms in total. The lowest BCUT2D eigenvalue weighted by Crippen LogP contribution is -1.85. The fourth-order valence-electron chi connectivity index (χ4n) is 2.11. The van der Waals surface area contributed by atoms with Gasteiger partial charge in [-0.1, -0.05) is 37.1 Å². The molecule has 0 fully saturated rings. The summed E-state index contributed by atoms with van der Waals surface area (Å²) in [6, 6.07) is 7.66. The van der Waals surface area contributed by atoms with Gasteiger partial charge in [0, 0.05) is 20.9 Å². The molecule has 0 saturated heterocycles. The third kappa shape index (κ3) is 3.14. The highest BCUT2D eigenvalue weighted by molar-refractivity contribution is 7.99. The van der Waals surface area contributed by atoms with Crippen molar-refractivity contribution in [2.45, 2.75) is 23.6 Å². The lowest BCUT2D eigenvalue weighted by Gasteiger charge is -2.10. The predicted octanol–water partition coefficient (Wildman–Crippen LogP) is 5.15. The van der Waals surface area contributed by atoms with Crippen LogP contribution in [0.3, 0.4) is 0 Å². The molecule has 21 heavy (non-hydrogen) atoms. The summed E-state index contributed by atoms with van der Waals surface area (Å²) in [6.07, 6.45) is 3.28. The number of aryl methyl sites for hydroxylation is 2. The minimum absolute atomic E-state index is 0.267. The van der Waals surface area contributed by atoms with Gasteiger partial charge in [-0.15, -0.1) is 0 Å². The molecule has 0 amide bonds. The van der Waals surface area contributed by atoms with Gasteiger partial charge in [0.05, 0.1) is 0 Å². The van der Waals surface area contributed by atoms with E-state index in [9.17, 15) is 10.2 Å². The molecule has 0 spiro atoms. The Labute approximate surface area is 129 Å². The first-order chi connectivity index (χ1) is 9.96. The fourth-order valence-corrected chi connectivity index (χ4v) is 3.23. The second-order valence-electron chi connectivity index (χ2n) is 4.87. The SMILES string of the molecule is C=Cc1cc(Sc2cc(C)c(O)c(C=C)c2)cc(C)c1O. The minimum Gasteiger partial charge on any atom is -0.507 e. The Bertz CT molecular complexity index is 656. The van der Waals surface area contributed by atoms with E-state index in [2.05, 4.69) is 13.2 Å². The normalized spacial score (nSPS) is 10.4. The molecule has 2 N–H and O–H groups in total. The number of phenols is 2. The highest BCUT2D eigenvalue weighted by Gasteiger charge is 2.09. The highest BCUT2D eigenvalue weighted by Crippen LogP contribution is 2.36. The number of hydrogen-bond donors (Lipinski definition) is 2. The van der Waals surface area contributed by atoms with Gasteiger partial charge < -0.3 is 10.2 Å². The second kappa shape index (κ2) is 6.10. The van der Waals surface area contributed by atoms with Crippen molar-refractivity contribution >= 4 is 23.9 Å². The smallest absolute Gasteiger partial charge is 0.125 e. The third-order valence-electron chi connectivity index (χ3n) is 3.28. The van der Waals surface area contributed by atoms with Gasteiger partial charge in [0.1, 0.15) is 11.5 Å². The molecule has 0 aliphatic rings. The van der Waals surface area contributed by atoms with Crippen molar-refractivity contribution in [2.24, 2.45) is 0 Å². The van der Waals surface area contributed by atoms with Crippen molar-refractivity contribution in [3.05, 3.63) is 59.7 Å². The van der Waals surface area contributed by atoms with E-state index in [1.54, 1.807) is 23.9 Å². The van der Waals surface area contributed by atoms with Crippen LogP contribution < -0.4 is 0 Å². The van der Waals surface area contributed by atoms with E-state index in [-0.39, 0.29) is 11.5 Å². The van der Waals surface area contributed by atoms with Crippen molar-refractivity contribution < 1.29 is 10.2 Å².